The first-order chi connectivity index (χ1) is 18.5. The Morgan fingerprint density at radius 3 is 1.97 bits per heavy atom. The van der Waals surface area contributed by atoms with Crippen LogP contribution in [0, 0.1) is 10.1 Å². The number of benzene rings is 3. The second kappa shape index (κ2) is 11.6. The van der Waals surface area contributed by atoms with E-state index in [9.17, 15) is 19.7 Å². The van der Waals surface area contributed by atoms with Crippen molar-refractivity contribution in [3.8, 4) is 0 Å². The van der Waals surface area contributed by atoms with Crippen LogP contribution in [-0.4, -0.2) is 34.9 Å². The van der Waals surface area contributed by atoms with E-state index in [0.29, 0.717) is 22.6 Å². The van der Waals surface area contributed by atoms with Gasteiger partial charge >= 0.3 is 0 Å². The molecule has 9 nitrogen and oxygen atoms in total. The first-order valence-corrected chi connectivity index (χ1v) is 13.1. The van der Waals surface area contributed by atoms with E-state index in [2.05, 4.69) is 36.7 Å². The molecule has 1 aliphatic rings. The predicted octanol–water partition coefficient (Wildman–Crippen LogP) is 5.87. The highest BCUT2D eigenvalue weighted by Gasteiger charge is 2.24. The lowest BCUT2D eigenvalue weighted by Crippen LogP contribution is -2.34. The van der Waals surface area contributed by atoms with Gasteiger partial charge in [-0.2, -0.15) is 0 Å². The van der Waals surface area contributed by atoms with Gasteiger partial charge in [-0.25, -0.2) is 0 Å². The van der Waals surface area contributed by atoms with Gasteiger partial charge in [0, 0.05) is 41.7 Å². The highest BCUT2D eigenvalue weighted by Crippen LogP contribution is 2.31. The monoisotopic (exact) mass is 545 g/mol. The number of carbonyl (C=O) groups excluding carboxylic acids is 2. The Morgan fingerprint density at radius 1 is 0.846 bits per heavy atom. The molecule has 3 aromatic rings. The van der Waals surface area contributed by atoms with Crippen LogP contribution in [-0.2, 0) is 5.41 Å². The van der Waals surface area contributed by atoms with Crippen LogP contribution in [0.4, 0.5) is 22.7 Å². The Hall–Kier alpha value is -4.31. The summed E-state index contributed by atoms with van der Waals surface area (Å²) in [5.74, 6) is -0.770. The third kappa shape index (κ3) is 6.97. The predicted molar refractivity (Wildman–Crippen MR) is 158 cm³/mol. The Bertz CT molecular complexity index is 1390. The molecule has 1 saturated heterocycles. The zero-order valence-corrected chi connectivity index (χ0v) is 22.9. The van der Waals surface area contributed by atoms with Crippen LogP contribution < -0.4 is 20.9 Å². The van der Waals surface area contributed by atoms with Gasteiger partial charge in [0.1, 0.15) is 5.69 Å². The highest BCUT2D eigenvalue weighted by molar-refractivity contribution is 7.80. The zero-order valence-electron chi connectivity index (χ0n) is 22.1. The molecule has 1 heterocycles. The standard InChI is InChI=1S/C29H31N5O4S/c1-29(2,3)21-9-6-19(7-10-21)26(35)30-22-11-13-23(14-12-22)31-28(39)32-27(36)20-8-15-24(25(18-20)34(37)38)33-16-4-5-17-33/h6-15,18H,4-5,16-17H2,1-3H3,(H,30,35)(H2,31,32,36,39). The Labute approximate surface area is 232 Å². The van der Waals surface area contributed by atoms with Crippen molar-refractivity contribution in [2.75, 3.05) is 28.6 Å². The number of hydrogen-bond donors (Lipinski definition) is 3. The highest BCUT2D eigenvalue weighted by atomic mass is 32.1. The first kappa shape index (κ1) is 27.7. The summed E-state index contributed by atoms with van der Waals surface area (Å²) in [6.45, 7) is 7.87. The summed E-state index contributed by atoms with van der Waals surface area (Å²) >= 11 is 5.26. The van der Waals surface area contributed by atoms with E-state index >= 15 is 0 Å². The van der Waals surface area contributed by atoms with Gasteiger partial charge in [0.2, 0.25) is 0 Å². The van der Waals surface area contributed by atoms with Crippen LogP contribution >= 0.6 is 12.2 Å². The van der Waals surface area contributed by atoms with Crippen molar-refractivity contribution in [2.24, 2.45) is 0 Å². The van der Waals surface area contributed by atoms with Gasteiger partial charge in [0.25, 0.3) is 17.5 Å². The minimum absolute atomic E-state index is 0.00774. The van der Waals surface area contributed by atoms with Crippen LogP contribution in [0.3, 0.4) is 0 Å². The molecule has 0 spiro atoms. The number of thiocarbonyl (C=S) groups is 1. The molecule has 2 amide bonds. The third-order valence-corrected chi connectivity index (χ3v) is 6.73. The van der Waals surface area contributed by atoms with Gasteiger partial charge in [0.05, 0.1) is 4.92 Å². The van der Waals surface area contributed by atoms with Gasteiger partial charge in [-0.05, 0) is 84.6 Å². The van der Waals surface area contributed by atoms with Gasteiger partial charge in [-0.1, -0.05) is 32.9 Å². The summed E-state index contributed by atoms with van der Waals surface area (Å²) in [5.41, 5.74) is 3.47. The fourth-order valence-electron chi connectivity index (χ4n) is 4.34. The third-order valence-electron chi connectivity index (χ3n) is 6.52. The molecule has 1 aliphatic heterocycles. The maximum atomic E-state index is 12.7. The van der Waals surface area contributed by atoms with E-state index in [1.54, 1.807) is 36.4 Å². The maximum absolute atomic E-state index is 12.7. The van der Waals surface area contributed by atoms with Crippen LogP contribution in [0.15, 0.2) is 66.7 Å². The molecule has 0 unspecified atom stereocenters. The Morgan fingerprint density at radius 2 is 1.41 bits per heavy atom. The lowest BCUT2D eigenvalue weighted by atomic mass is 9.87. The van der Waals surface area contributed by atoms with E-state index in [1.807, 2.05) is 29.2 Å². The van der Waals surface area contributed by atoms with E-state index in [4.69, 9.17) is 12.2 Å². The SMILES string of the molecule is CC(C)(C)c1ccc(C(=O)Nc2ccc(NC(=S)NC(=O)c3ccc(N4CCCC4)c([N+](=O)[O-])c3)cc2)cc1. The van der Waals surface area contributed by atoms with Gasteiger partial charge < -0.3 is 15.5 Å². The van der Waals surface area contributed by atoms with Gasteiger partial charge in [-0.15, -0.1) is 0 Å². The molecule has 3 aromatic carbocycles. The maximum Gasteiger partial charge on any atom is 0.293 e. The summed E-state index contributed by atoms with van der Waals surface area (Å²) in [5, 5.41) is 20.0. The molecule has 0 atom stereocenters. The van der Waals surface area contributed by atoms with Crippen molar-refractivity contribution in [1.29, 1.82) is 0 Å². The number of nitro groups is 1. The minimum atomic E-state index is -0.551. The van der Waals surface area contributed by atoms with Crippen molar-refractivity contribution in [3.63, 3.8) is 0 Å². The number of anilines is 3. The number of nitrogens with one attached hydrogen (secondary N) is 3. The fourth-order valence-corrected chi connectivity index (χ4v) is 4.55. The van der Waals surface area contributed by atoms with Crippen LogP contribution in [0.1, 0.15) is 59.9 Å². The number of nitrogens with zero attached hydrogens (tertiary/aromatic N) is 2. The molecule has 39 heavy (non-hydrogen) atoms. The van der Waals surface area contributed by atoms with Crippen LogP contribution in [0.5, 0.6) is 0 Å². The number of carbonyl (C=O) groups is 2. The first-order valence-electron chi connectivity index (χ1n) is 12.7. The Kier molecular flexibility index (Phi) is 8.25. The largest absolute Gasteiger partial charge is 0.366 e. The second-order valence-electron chi connectivity index (χ2n) is 10.4. The molecule has 0 radical (unpaired) electrons. The molecule has 4 rings (SSSR count). The Balaban J connectivity index is 1.34. The van der Waals surface area contributed by atoms with E-state index in [-0.39, 0.29) is 27.7 Å². The molecule has 0 aliphatic carbocycles. The van der Waals surface area contributed by atoms with Crippen LogP contribution in [0.25, 0.3) is 0 Å². The van der Waals surface area contributed by atoms with E-state index in [1.165, 1.54) is 6.07 Å². The lowest BCUT2D eigenvalue weighted by molar-refractivity contribution is -0.384. The molecule has 0 saturated carbocycles. The smallest absolute Gasteiger partial charge is 0.293 e. The van der Waals surface area contributed by atoms with E-state index in [0.717, 1.165) is 31.5 Å². The molecule has 0 aromatic heterocycles. The van der Waals surface area contributed by atoms with Crippen molar-refractivity contribution >= 4 is 51.9 Å². The summed E-state index contributed by atoms with van der Waals surface area (Å²) in [7, 11) is 0. The van der Waals surface area contributed by atoms with Gasteiger partial charge in [-0.3, -0.25) is 25.0 Å². The van der Waals surface area contributed by atoms with Gasteiger partial charge in [0.15, 0.2) is 5.11 Å². The fraction of sp³-hybridized carbons (Fsp3) is 0.276. The average Bonchev–Trinajstić information content (AvgIpc) is 3.44. The molecule has 202 valence electrons. The average molecular weight is 546 g/mol. The summed E-state index contributed by atoms with van der Waals surface area (Å²) < 4.78 is 0. The van der Waals surface area contributed by atoms with Crippen molar-refractivity contribution in [3.05, 3.63) is 93.5 Å². The molecular formula is C29H31N5O4S. The molecule has 3 N–H and O–H groups in total. The van der Waals surface area contributed by atoms with Crippen molar-refractivity contribution in [1.82, 2.24) is 5.32 Å². The van der Waals surface area contributed by atoms with Crippen LogP contribution in [0.2, 0.25) is 0 Å². The normalized spacial score (nSPS) is 13.1. The van der Waals surface area contributed by atoms with Crippen molar-refractivity contribution in [2.45, 2.75) is 39.0 Å². The quantitative estimate of drug-likeness (QED) is 0.201. The number of hydrogen-bond acceptors (Lipinski definition) is 6. The summed E-state index contributed by atoms with van der Waals surface area (Å²) in [6, 6.07) is 18.8. The summed E-state index contributed by atoms with van der Waals surface area (Å²) in [6.07, 6.45) is 1.97. The molecule has 0 bridgehead atoms. The van der Waals surface area contributed by atoms with Crippen molar-refractivity contribution < 1.29 is 14.5 Å². The molecular weight excluding hydrogens is 514 g/mol. The topological polar surface area (TPSA) is 117 Å². The minimum Gasteiger partial charge on any atom is -0.366 e. The molecule has 1 fully saturated rings. The number of nitro benzene ring substituents is 1. The second-order valence-corrected chi connectivity index (χ2v) is 10.8. The van der Waals surface area contributed by atoms with E-state index < -0.39 is 10.8 Å². The lowest BCUT2D eigenvalue weighted by Gasteiger charge is -2.19. The number of amides is 2. The molecule has 10 heteroatoms. The summed E-state index contributed by atoms with van der Waals surface area (Å²) in [4.78, 5) is 38.4. The zero-order chi connectivity index (χ0) is 28.2. The number of rotatable bonds is 6.